The highest BCUT2D eigenvalue weighted by Gasteiger charge is 2.31. The summed E-state index contributed by atoms with van der Waals surface area (Å²) in [5.74, 6) is 6.86. The third kappa shape index (κ3) is 12.4. The molecular weight excluding hydrogens is 941 g/mol. The Morgan fingerprint density at radius 3 is 1.26 bits per heavy atom. The normalized spacial score (nSPS) is 15.1. The molecule has 400 valence electrons. The van der Waals surface area contributed by atoms with E-state index in [4.69, 9.17) is 18.9 Å². The second-order valence-corrected chi connectivity index (χ2v) is 22.8. The minimum atomic E-state index is 0.0354. The Labute approximate surface area is 460 Å². The lowest BCUT2D eigenvalue weighted by molar-refractivity contribution is 0.186. The highest BCUT2D eigenvalue weighted by atomic mass is 16.5. The molecular formula is C73H84O4. The van der Waals surface area contributed by atoms with Crippen LogP contribution in [0.2, 0.25) is 0 Å². The molecule has 2 saturated carbocycles. The zero-order valence-corrected chi connectivity index (χ0v) is 47.2. The lowest BCUT2D eigenvalue weighted by atomic mass is 9.78. The molecule has 2 atom stereocenters. The monoisotopic (exact) mass is 1020 g/mol. The standard InChI is InChI=1S/C66H70O4.C7H14/c1-6-25-51(8-3)67-57-41-48(38-45-27-15-10-16-28-45)60-55(69-53-33-21-13-22-34-53)37-44(5)59-62-50(40-47-31-19-12-20-32-47)43-56(70-54-35-23-14-24-36-54)61-49(39-46-29-17-11-18-30-46)42-58(68-52(9-4)26-7-2)64(66(61)62)63(57)65(59)60;1-7-5-3-2-4-6-7/h10-11,13-18,21-24,27-30,33-37,41-43,47,51-52H,6-9,12,19-20,25-26,31-32,38-40H2,1-5H3;7H,2-6H2,1H3. The SMILES string of the molecule is CC1CCCCC1.CCCC(CC)Oc1cc(Cc2ccccc2)c2c(Oc3ccccc3)cc(C)c3c4c(CC5CCCCC5)cc(Oc5ccccc5)c5c(Cc6ccccc6)cc(OC(CC)CCC)c(c1c23)c54. The van der Waals surface area contributed by atoms with Crippen molar-refractivity contribution in [2.45, 2.75) is 176 Å². The molecule has 0 saturated heterocycles. The number of fused-ring (bicyclic) bond motifs is 2. The molecule has 9 aromatic carbocycles. The van der Waals surface area contributed by atoms with Gasteiger partial charge < -0.3 is 18.9 Å². The van der Waals surface area contributed by atoms with Gasteiger partial charge in [0.1, 0.15) is 34.5 Å². The summed E-state index contributed by atoms with van der Waals surface area (Å²) in [4.78, 5) is 0. The molecule has 2 aliphatic rings. The van der Waals surface area contributed by atoms with Gasteiger partial charge in [-0.15, -0.1) is 0 Å². The van der Waals surface area contributed by atoms with Crippen LogP contribution in [0.3, 0.4) is 0 Å². The minimum Gasteiger partial charge on any atom is -0.490 e. The molecule has 11 rings (SSSR count). The molecule has 0 N–H and O–H groups in total. The first-order chi connectivity index (χ1) is 37.8. The summed E-state index contributed by atoms with van der Waals surface area (Å²) < 4.78 is 29.6. The molecule has 0 radical (unpaired) electrons. The Kier molecular flexibility index (Phi) is 18.0. The van der Waals surface area contributed by atoms with Crippen LogP contribution >= 0.6 is 0 Å². The van der Waals surface area contributed by atoms with E-state index in [2.05, 4.69) is 187 Å². The van der Waals surface area contributed by atoms with Crippen LogP contribution in [0.4, 0.5) is 0 Å². The predicted molar refractivity (Wildman–Crippen MR) is 326 cm³/mol. The van der Waals surface area contributed by atoms with Gasteiger partial charge in [0.05, 0.1) is 12.2 Å². The lowest BCUT2D eigenvalue weighted by Crippen LogP contribution is -2.17. The van der Waals surface area contributed by atoms with E-state index in [0.29, 0.717) is 5.92 Å². The van der Waals surface area contributed by atoms with Crippen LogP contribution in [-0.4, -0.2) is 12.2 Å². The molecule has 77 heavy (non-hydrogen) atoms. The number of para-hydroxylation sites is 2. The van der Waals surface area contributed by atoms with Gasteiger partial charge in [0.25, 0.3) is 0 Å². The molecule has 4 nitrogen and oxygen atoms in total. The number of hydrogen-bond donors (Lipinski definition) is 0. The van der Waals surface area contributed by atoms with E-state index in [1.807, 2.05) is 0 Å². The maximum absolute atomic E-state index is 7.58. The molecule has 9 aromatic rings. The molecule has 0 aliphatic heterocycles. The van der Waals surface area contributed by atoms with E-state index in [-0.39, 0.29) is 12.2 Å². The highest BCUT2D eigenvalue weighted by Crippen LogP contribution is 2.56. The summed E-state index contributed by atoms with van der Waals surface area (Å²) >= 11 is 0. The van der Waals surface area contributed by atoms with Gasteiger partial charge in [-0.1, -0.05) is 209 Å². The van der Waals surface area contributed by atoms with Crippen LogP contribution in [0.25, 0.3) is 43.1 Å². The van der Waals surface area contributed by atoms with E-state index < -0.39 is 0 Å². The molecule has 2 unspecified atom stereocenters. The minimum absolute atomic E-state index is 0.0354. The fourth-order valence-electron chi connectivity index (χ4n) is 12.9. The van der Waals surface area contributed by atoms with Gasteiger partial charge in [0, 0.05) is 32.3 Å². The molecule has 0 spiro atoms. The second kappa shape index (κ2) is 25.8. The zero-order chi connectivity index (χ0) is 53.1. The first kappa shape index (κ1) is 53.9. The Morgan fingerprint density at radius 2 is 0.831 bits per heavy atom. The molecule has 2 fully saturated rings. The average Bonchev–Trinajstić information content (AvgIpc) is 3.57. The summed E-state index contributed by atoms with van der Waals surface area (Å²) in [5, 5.41) is 9.47. The first-order valence-corrected chi connectivity index (χ1v) is 30.0. The van der Waals surface area contributed by atoms with Crippen LogP contribution in [0, 0.1) is 18.8 Å². The van der Waals surface area contributed by atoms with E-state index in [0.717, 1.165) is 120 Å². The third-order valence-electron chi connectivity index (χ3n) is 16.9. The number of ether oxygens (including phenoxy) is 4. The van der Waals surface area contributed by atoms with Crippen molar-refractivity contribution in [1.29, 1.82) is 0 Å². The number of benzene rings is 9. The van der Waals surface area contributed by atoms with Crippen molar-refractivity contribution >= 4 is 43.1 Å². The first-order valence-electron chi connectivity index (χ1n) is 30.0. The van der Waals surface area contributed by atoms with Gasteiger partial charge in [-0.25, -0.2) is 0 Å². The Hall–Kier alpha value is -6.52. The van der Waals surface area contributed by atoms with E-state index in [9.17, 15) is 0 Å². The smallest absolute Gasteiger partial charge is 0.135 e. The van der Waals surface area contributed by atoms with Crippen LogP contribution in [0.5, 0.6) is 34.5 Å². The Morgan fingerprint density at radius 1 is 0.416 bits per heavy atom. The van der Waals surface area contributed by atoms with Crippen LogP contribution in [0.1, 0.15) is 171 Å². The molecule has 0 aromatic heterocycles. The van der Waals surface area contributed by atoms with Crippen molar-refractivity contribution in [3.05, 3.63) is 179 Å². The van der Waals surface area contributed by atoms with Crippen molar-refractivity contribution in [3.63, 3.8) is 0 Å². The van der Waals surface area contributed by atoms with E-state index in [1.54, 1.807) is 0 Å². The van der Waals surface area contributed by atoms with Crippen LogP contribution in [-0.2, 0) is 19.3 Å². The van der Waals surface area contributed by atoms with Gasteiger partial charge in [-0.2, -0.15) is 0 Å². The summed E-state index contributed by atoms with van der Waals surface area (Å²) in [6, 6.07) is 52.0. The van der Waals surface area contributed by atoms with Crippen molar-refractivity contribution in [1.82, 2.24) is 0 Å². The summed E-state index contributed by atoms with van der Waals surface area (Å²) in [6.45, 7) is 13.7. The maximum atomic E-state index is 7.58. The van der Waals surface area contributed by atoms with Gasteiger partial charge in [-0.3, -0.25) is 0 Å². The van der Waals surface area contributed by atoms with Crippen molar-refractivity contribution in [2.75, 3.05) is 0 Å². The quantitative estimate of drug-likeness (QED) is 0.0563. The van der Waals surface area contributed by atoms with Gasteiger partial charge in [-0.05, 0) is 156 Å². The topological polar surface area (TPSA) is 36.9 Å². The fraction of sp³-hybridized carbons (Fsp3) is 0.397. The van der Waals surface area contributed by atoms with Gasteiger partial charge >= 0.3 is 0 Å². The van der Waals surface area contributed by atoms with Crippen molar-refractivity contribution in [2.24, 2.45) is 11.8 Å². The average molecular weight is 1030 g/mol. The maximum Gasteiger partial charge on any atom is 0.135 e. The second-order valence-electron chi connectivity index (χ2n) is 22.8. The predicted octanol–water partition coefficient (Wildman–Crippen LogP) is 21.4. The summed E-state index contributed by atoms with van der Waals surface area (Å²) in [6.07, 6.45) is 22.1. The molecule has 0 heterocycles. The molecule has 2 aliphatic carbocycles. The van der Waals surface area contributed by atoms with E-state index in [1.165, 1.54) is 119 Å². The number of aryl methyl sites for hydroxylation is 1. The zero-order valence-electron chi connectivity index (χ0n) is 47.2. The van der Waals surface area contributed by atoms with Crippen LogP contribution in [0.15, 0.2) is 146 Å². The Balaban J connectivity index is 0.000000890. The molecule has 0 bridgehead atoms. The molecule has 0 amide bonds. The summed E-state index contributed by atoms with van der Waals surface area (Å²) in [7, 11) is 0. The van der Waals surface area contributed by atoms with Crippen LogP contribution < -0.4 is 18.9 Å². The van der Waals surface area contributed by atoms with Crippen molar-refractivity contribution < 1.29 is 18.9 Å². The highest BCUT2D eigenvalue weighted by molar-refractivity contribution is 6.38. The fourth-order valence-corrected chi connectivity index (χ4v) is 12.9. The third-order valence-corrected chi connectivity index (χ3v) is 16.9. The summed E-state index contributed by atoms with van der Waals surface area (Å²) in [5.41, 5.74) is 7.41. The molecule has 4 heteroatoms. The largest absolute Gasteiger partial charge is 0.490 e. The van der Waals surface area contributed by atoms with E-state index >= 15 is 0 Å². The number of hydrogen-bond acceptors (Lipinski definition) is 4. The Bertz CT molecular complexity index is 3250. The van der Waals surface area contributed by atoms with Gasteiger partial charge in [0.2, 0.25) is 0 Å². The number of rotatable bonds is 20. The lowest BCUT2D eigenvalue weighted by Gasteiger charge is -2.30. The van der Waals surface area contributed by atoms with Crippen molar-refractivity contribution in [3.8, 4) is 34.5 Å². The van der Waals surface area contributed by atoms with Gasteiger partial charge in [0.15, 0.2) is 0 Å².